The van der Waals surface area contributed by atoms with Crippen LogP contribution in [0.1, 0.15) is 17.4 Å². The first-order chi connectivity index (χ1) is 8.89. The van der Waals surface area contributed by atoms with Gasteiger partial charge in [0.1, 0.15) is 5.69 Å². The Morgan fingerprint density at radius 1 is 1.42 bits per heavy atom. The van der Waals surface area contributed by atoms with Crippen molar-refractivity contribution in [2.45, 2.75) is 13.3 Å². The number of aromatic nitrogens is 2. The first-order valence-corrected chi connectivity index (χ1v) is 5.30. The second kappa shape index (κ2) is 4.79. The summed E-state index contributed by atoms with van der Waals surface area (Å²) in [4.78, 5) is 17.6. The third kappa shape index (κ3) is 3.15. The Morgan fingerprint density at radius 2 is 2.16 bits per heavy atom. The summed E-state index contributed by atoms with van der Waals surface area (Å²) in [6.45, 7) is 1.85. The molecule has 1 N–H and O–H groups in total. The fraction of sp³-hybridized carbons (Fsp3) is 0.273. The smallest absolute Gasteiger partial charge is 0.461 e. The SMILES string of the molecule is CCOC(=O)c1cc2cnc(OC(F)(F)F)cc2[nH]1. The fourth-order valence-corrected chi connectivity index (χ4v) is 1.50. The normalized spacial score (nSPS) is 11.6. The van der Waals surface area contributed by atoms with Gasteiger partial charge in [0.05, 0.1) is 12.1 Å². The number of carbonyl (C=O) groups excluding carboxylic acids is 1. The molecular weight excluding hydrogens is 265 g/mol. The number of rotatable bonds is 3. The van der Waals surface area contributed by atoms with Crippen LogP contribution in [-0.2, 0) is 4.74 Å². The molecule has 0 amide bonds. The molecule has 102 valence electrons. The van der Waals surface area contributed by atoms with Gasteiger partial charge in [0.2, 0.25) is 5.88 Å². The molecule has 19 heavy (non-hydrogen) atoms. The van der Waals surface area contributed by atoms with E-state index in [0.717, 1.165) is 6.07 Å². The molecule has 0 bridgehead atoms. The maximum absolute atomic E-state index is 12.0. The Bertz CT molecular complexity index is 607. The lowest BCUT2D eigenvalue weighted by Crippen LogP contribution is -2.17. The van der Waals surface area contributed by atoms with Gasteiger partial charge in [-0.2, -0.15) is 0 Å². The van der Waals surface area contributed by atoms with Gasteiger partial charge in [-0.05, 0) is 13.0 Å². The molecule has 5 nitrogen and oxygen atoms in total. The van der Waals surface area contributed by atoms with Gasteiger partial charge in [-0.25, -0.2) is 9.78 Å². The van der Waals surface area contributed by atoms with Crippen molar-refractivity contribution < 1.29 is 27.4 Å². The van der Waals surface area contributed by atoms with Crippen LogP contribution in [0.2, 0.25) is 0 Å². The maximum atomic E-state index is 12.0. The van der Waals surface area contributed by atoms with E-state index in [1.807, 2.05) is 0 Å². The molecule has 0 saturated carbocycles. The summed E-state index contributed by atoms with van der Waals surface area (Å²) in [5.41, 5.74) is 0.445. The van der Waals surface area contributed by atoms with Crippen molar-refractivity contribution in [2.24, 2.45) is 0 Å². The van der Waals surface area contributed by atoms with Crippen LogP contribution < -0.4 is 4.74 Å². The quantitative estimate of drug-likeness (QED) is 0.874. The lowest BCUT2D eigenvalue weighted by molar-refractivity contribution is -0.276. The lowest BCUT2D eigenvalue weighted by Gasteiger charge is -2.06. The van der Waals surface area contributed by atoms with Crippen molar-refractivity contribution in [1.82, 2.24) is 9.97 Å². The monoisotopic (exact) mass is 274 g/mol. The van der Waals surface area contributed by atoms with Crippen LogP contribution in [0.5, 0.6) is 5.88 Å². The topological polar surface area (TPSA) is 64.2 Å². The Hall–Kier alpha value is -2.25. The average molecular weight is 274 g/mol. The molecule has 8 heteroatoms. The minimum Gasteiger partial charge on any atom is -0.461 e. The number of pyridine rings is 1. The second-order valence-corrected chi connectivity index (χ2v) is 3.56. The van der Waals surface area contributed by atoms with Crippen LogP contribution >= 0.6 is 0 Å². The number of alkyl halides is 3. The lowest BCUT2D eigenvalue weighted by atomic mass is 10.3. The summed E-state index contributed by atoms with van der Waals surface area (Å²) in [7, 11) is 0. The summed E-state index contributed by atoms with van der Waals surface area (Å²) in [5, 5.41) is 0.484. The molecule has 0 spiro atoms. The molecule has 0 aliphatic heterocycles. The standard InChI is InChI=1S/C11H9F3N2O3/c1-2-18-10(17)8-3-6-5-15-9(4-7(6)16-8)19-11(12,13)14/h3-5,16H,2H2,1H3. The van der Waals surface area contributed by atoms with Crippen molar-refractivity contribution in [3.05, 3.63) is 24.0 Å². The van der Waals surface area contributed by atoms with Crippen molar-refractivity contribution in [3.63, 3.8) is 0 Å². The summed E-state index contributed by atoms with van der Waals surface area (Å²) in [5.74, 6) is -1.19. The Labute approximate surface area is 105 Å². The molecule has 0 fully saturated rings. The molecule has 0 saturated heterocycles. The van der Waals surface area contributed by atoms with Gasteiger partial charge in [0.25, 0.3) is 0 Å². The molecule has 0 aromatic carbocycles. The number of H-pyrrole nitrogens is 1. The third-order valence-electron chi connectivity index (χ3n) is 2.19. The highest BCUT2D eigenvalue weighted by Gasteiger charge is 2.31. The predicted molar refractivity (Wildman–Crippen MR) is 58.7 cm³/mol. The van der Waals surface area contributed by atoms with E-state index < -0.39 is 18.2 Å². The molecule has 2 aromatic rings. The number of ether oxygens (including phenoxy) is 2. The van der Waals surface area contributed by atoms with E-state index >= 15 is 0 Å². The molecule has 2 rings (SSSR count). The number of hydrogen-bond acceptors (Lipinski definition) is 4. The molecule has 0 aliphatic carbocycles. The van der Waals surface area contributed by atoms with E-state index in [1.165, 1.54) is 12.3 Å². The molecule has 0 aliphatic rings. The minimum atomic E-state index is -4.81. The van der Waals surface area contributed by atoms with E-state index in [1.54, 1.807) is 6.92 Å². The highest BCUT2D eigenvalue weighted by Crippen LogP contribution is 2.24. The van der Waals surface area contributed by atoms with Gasteiger partial charge in [0, 0.05) is 17.6 Å². The third-order valence-corrected chi connectivity index (χ3v) is 2.19. The average Bonchev–Trinajstić information content (AvgIpc) is 2.70. The largest absolute Gasteiger partial charge is 0.574 e. The zero-order chi connectivity index (χ0) is 14.0. The number of esters is 1. The van der Waals surface area contributed by atoms with Crippen LogP contribution in [0.3, 0.4) is 0 Å². The Balaban J connectivity index is 2.31. The van der Waals surface area contributed by atoms with E-state index in [9.17, 15) is 18.0 Å². The molecule has 0 radical (unpaired) electrons. The van der Waals surface area contributed by atoms with Crippen LogP contribution in [-0.4, -0.2) is 28.9 Å². The molecular formula is C11H9F3N2O3. The summed E-state index contributed by atoms with van der Waals surface area (Å²) < 4.78 is 44.5. The zero-order valence-electron chi connectivity index (χ0n) is 9.75. The summed E-state index contributed by atoms with van der Waals surface area (Å²) >= 11 is 0. The van der Waals surface area contributed by atoms with Crippen molar-refractivity contribution in [1.29, 1.82) is 0 Å². The van der Waals surface area contributed by atoms with Crippen LogP contribution in [0.15, 0.2) is 18.3 Å². The van der Waals surface area contributed by atoms with Crippen LogP contribution in [0, 0.1) is 0 Å². The molecule has 2 aromatic heterocycles. The van der Waals surface area contributed by atoms with Crippen molar-refractivity contribution in [3.8, 4) is 5.88 Å². The van der Waals surface area contributed by atoms with E-state index in [0.29, 0.717) is 10.9 Å². The molecule has 2 heterocycles. The van der Waals surface area contributed by atoms with Crippen LogP contribution in [0.4, 0.5) is 13.2 Å². The van der Waals surface area contributed by atoms with Gasteiger partial charge >= 0.3 is 12.3 Å². The van der Waals surface area contributed by atoms with Crippen LogP contribution in [0.25, 0.3) is 10.9 Å². The first-order valence-electron chi connectivity index (χ1n) is 5.30. The highest BCUT2D eigenvalue weighted by molar-refractivity contribution is 5.94. The number of hydrogen-bond donors (Lipinski definition) is 1. The van der Waals surface area contributed by atoms with E-state index in [2.05, 4.69) is 14.7 Å². The highest BCUT2D eigenvalue weighted by atomic mass is 19.4. The fourth-order valence-electron chi connectivity index (χ4n) is 1.50. The van der Waals surface area contributed by atoms with Gasteiger partial charge < -0.3 is 14.5 Å². The van der Waals surface area contributed by atoms with Gasteiger partial charge in [-0.3, -0.25) is 0 Å². The first kappa shape index (κ1) is 13.2. The van der Waals surface area contributed by atoms with Crippen molar-refractivity contribution in [2.75, 3.05) is 6.61 Å². The van der Waals surface area contributed by atoms with Gasteiger partial charge in [0.15, 0.2) is 0 Å². The minimum absolute atomic E-state index is 0.141. The molecule has 0 unspecified atom stereocenters. The number of carbonyl (C=O) groups is 1. The van der Waals surface area contributed by atoms with Gasteiger partial charge in [-0.1, -0.05) is 0 Å². The Morgan fingerprint density at radius 3 is 2.79 bits per heavy atom. The zero-order valence-corrected chi connectivity index (χ0v) is 9.75. The van der Waals surface area contributed by atoms with Crippen molar-refractivity contribution >= 4 is 16.9 Å². The number of halogens is 3. The Kier molecular flexibility index (Phi) is 3.32. The van der Waals surface area contributed by atoms with E-state index in [4.69, 9.17) is 4.74 Å². The number of nitrogens with zero attached hydrogens (tertiary/aromatic N) is 1. The maximum Gasteiger partial charge on any atom is 0.574 e. The predicted octanol–water partition coefficient (Wildman–Crippen LogP) is 2.64. The van der Waals surface area contributed by atoms with E-state index in [-0.39, 0.29) is 12.3 Å². The number of aromatic amines is 1. The summed E-state index contributed by atoms with van der Waals surface area (Å²) in [6, 6.07) is 2.50. The number of nitrogens with one attached hydrogen (secondary N) is 1. The van der Waals surface area contributed by atoms with Gasteiger partial charge in [-0.15, -0.1) is 13.2 Å². The summed E-state index contributed by atoms with van der Waals surface area (Å²) in [6.07, 6.45) is -3.63. The second-order valence-electron chi connectivity index (χ2n) is 3.56. The number of fused-ring (bicyclic) bond motifs is 1. The molecule has 0 atom stereocenters.